The number of nitrogens with one attached hydrogen (secondary N) is 3. The van der Waals surface area contributed by atoms with Gasteiger partial charge in [0.1, 0.15) is 5.82 Å². The third-order valence-electron chi connectivity index (χ3n) is 5.65. The first-order chi connectivity index (χ1) is 18.9. The van der Waals surface area contributed by atoms with Crippen molar-refractivity contribution in [3.8, 4) is 0 Å². The van der Waals surface area contributed by atoms with Gasteiger partial charge in [-0.25, -0.2) is 18.2 Å². The van der Waals surface area contributed by atoms with Crippen LogP contribution in [0, 0.1) is 6.92 Å². The lowest BCUT2D eigenvalue weighted by Crippen LogP contribution is -2.44. The van der Waals surface area contributed by atoms with Gasteiger partial charge in [0.25, 0.3) is 15.9 Å². The maximum absolute atomic E-state index is 13.1. The molecule has 4 N–H and O–H groups in total. The summed E-state index contributed by atoms with van der Waals surface area (Å²) in [6, 6.07) is 17.7. The summed E-state index contributed by atoms with van der Waals surface area (Å²) in [5.41, 5.74) is 2.50. The molecule has 0 unspecified atom stereocenters. The van der Waals surface area contributed by atoms with E-state index in [0.29, 0.717) is 31.0 Å². The number of carbonyl (C=O) groups is 2. The van der Waals surface area contributed by atoms with Crippen molar-refractivity contribution in [1.82, 2.24) is 15.6 Å². The number of aromatic nitrogens is 1. The van der Waals surface area contributed by atoms with Crippen molar-refractivity contribution in [2.45, 2.75) is 24.5 Å². The van der Waals surface area contributed by atoms with Crippen molar-refractivity contribution in [1.29, 1.82) is 0 Å². The van der Waals surface area contributed by atoms with Gasteiger partial charge in [0, 0.05) is 32.7 Å². The Morgan fingerprint density at radius 3 is 2.23 bits per heavy atom. The third-order valence-corrected chi connectivity index (χ3v) is 7.05. The topological polar surface area (TPSA) is 141 Å². The van der Waals surface area contributed by atoms with Crippen LogP contribution in [0.25, 0.3) is 0 Å². The molecule has 4 rings (SSSR count). The standard InChI is InChI=1S/C24H27N5O3S.C2HF3O2/c1-18-7-9-21(10-8-18)33(31,32)28-20-15-22(23(26-17-20)29-13-11-25-12-14-29)24(30)27-16-19-5-3-2-4-6-19;3-2(4,5)1(6)7/h2-10,15,17,25,28H,11-14,16H2,1H3,(H,27,30);(H,6,7). The average molecular weight is 580 g/mol. The average Bonchev–Trinajstić information content (AvgIpc) is 2.92. The first-order valence-corrected chi connectivity index (χ1v) is 13.5. The molecule has 1 aliphatic heterocycles. The van der Waals surface area contributed by atoms with Gasteiger partial charge in [0.05, 0.1) is 22.3 Å². The summed E-state index contributed by atoms with van der Waals surface area (Å²) in [5, 5.41) is 13.3. The Labute approximate surface area is 229 Å². The molecule has 0 bridgehead atoms. The van der Waals surface area contributed by atoms with Crippen molar-refractivity contribution in [3.05, 3.63) is 83.6 Å². The predicted octanol–water partition coefficient (Wildman–Crippen LogP) is 3.16. The summed E-state index contributed by atoms with van der Waals surface area (Å²) in [6.07, 6.45) is -3.63. The zero-order valence-corrected chi connectivity index (χ0v) is 22.2. The highest BCUT2D eigenvalue weighted by Gasteiger charge is 2.38. The number of aryl methyl sites for hydroxylation is 1. The van der Waals surface area contributed by atoms with Gasteiger partial charge in [0.15, 0.2) is 0 Å². The molecule has 0 aliphatic carbocycles. The third kappa shape index (κ3) is 8.68. The summed E-state index contributed by atoms with van der Waals surface area (Å²) in [6.45, 7) is 5.24. The normalized spacial score (nSPS) is 13.6. The highest BCUT2D eigenvalue weighted by Crippen LogP contribution is 2.24. The number of halogens is 3. The van der Waals surface area contributed by atoms with Gasteiger partial charge in [-0.1, -0.05) is 48.0 Å². The zero-order chi connectivity index (χ0) is 29.3. The van der Waals surface area contributed by atoms with Crippen LogP contribution in [0.1, 0.15) is 21.5 Å². The van der Waals surface area contributed by atoms with E-state index >= 15 is 0 Å². The lowest BCUT2D eigenvalue weighted by Gasteiger charge is -2.30. The molecule has 214 valence electrons. The second-order valence-corrected chi connectivity index (χ2v) is 10.4. The molecule has 1 saturated heterocycles. The van der Waals surface area contributed by atoms with Crippen molar-refractivity contribution >= 4 is 33.4 Å². The molecule has 1 amide bonds. The molecule has 10 nitrogen and oxygen atoms in total. The maximum Gasteiger partial charge on any atom is 0.490 e. The quantitative estimate of drug-likeness (QED) is 0.335. The molecule has 0 atom stereocenters. The van der Waals surface area contributed by atoms with Gasteiger partial charge in [-0.3, -0.25) is 9.52 Å². The number of aliphatic carboxylic acids is 1. The minimum Gasteiger partial charge on any atom is -0.475 e. The van der Waals surface area contributed by atoms with Crippen LogP contribution in [0.2, 0.25) is 0 Å². The Balaban J connectivity index is 0.000000559. The number of carboxylic acids is 1. The van der Waals surface area contributed by atoms with Crippen LogP contribution in [0.5, 0.6) is 0 Å². The molecule has 3 aromatic rings. The van der Waals surface area contributed by atoms with Crippen LogP contribution in [0.3, 0.4) is 0 Å². The molecule has 2 aromatic carbocycles. The summed E-state index contributed by atoms with van der Waals surface area (Å²) >= 11 is 0. The smallest absolute Gasteiger partial charge is 0.475 e. The van der Waals surface area contributed by atoms with Crippen molar-refractivity contribution in [2.24, 2.45) is 0 Å². The van der Waals surface area contributed by atoms with Crippen LogP contribution < -0.4 is 20.3 Å². The van der Waals surface area contributed by atoms with Crippen molar-refractivity contribution in [2.75, 3.05) is 35.8 Å². The van der Waals surface area contributed by atoms with Crippen LogP contribution in [-0.2, 0) is 21.4 Å². The number of alkyl halides is 3. The zero-order valence-electron chi connectivity index (χ0n) is 21.4. The Kier molecular flexibility index (Phi) is 10.1. The lowest BCUT2D eigenvalue weighted by atomic mass is 10.1. The largest absolute Gasteiger partial charge is 0.490 e. The first kappa shape index (κ1) is 30.4. The van der Waals surface area contributed by atoms with Gasteiger partial charge in [-0.05, 0) is 30.7 Å². The molecule has 2 heterocycles. The number of anilines is 2. The van der Waals surface area contributed by atoms with Gasteiger partial charge in [-0.2, -0.15) is 13.2 Å². The lowest BCUT2D eigenvalue weighted by molar-refractivity contribution is -0.192. The predicted molar refractivity (Wildman–Crippen MR) is 143 cm³/mol. The Morgan fingerprint density at radius 2 is 1.65 bits per heavy atom. The van der Waals surface area contributed by atoms with Gasteiger partial charge < -0.3 is 20.6 Å². The van der Waals surface area contributed by atoms with E-state index in [2.05, 4.69) is 20.3 Å². The molecule has 0 spiro atoms. The fourth-order valence-electron chi connectivity index (χ4n) is 3.61. The first-order valence-electron chi connectivity index (χ1n) is 12.0. The molecule has 0 saturated carbocycles. The Morgan fingerprint density at radius 1 is 1.05 bits per heavy atom. The van der Waals surface area contributed by atoms with Crippen LogP contribution in [0.4, 0.5) is 24.7 Å². The number of hydrogen-bond donors (Lipinski definition) is 4. The van der Waals surface area contributed by atoms with Gasteiger partial charge in [0.2, 0.25) is 0 Å². The molecule has 40 heavy (non-hydrogen) atoms. The molecule has 1 aromatic heterocycles. The van der Waals surface area contributed by atoms with E-state index in [1.54, 1.807) is 30.3 Å². The SMILES string of the molecule is Cc1ccc(S(=O)(=O)Nc2cnc(N3CCNCC3)c(C(=O)NCc3ccccc3)c2)cc1.O=C(O)C(F)(F)F. The molecular weight excluding hydrogens is 551 g/mol. The summed E-state index contributed by atoms with van der Waals surface area (Å²) in [7, 11) is -3.81. The molecule has 0 radical (unpaired) electrons. The highest BCUT2D eigenvalue weighted by atomic mass is 32.2. The van der Waals surface area contributed by atoms with E-state index < -0.39 is 22.2 Å². The Bertz CT molecular complexity index is 1410. The number of hydrogen-bond acceptors (Lipinski definition) is 7. The van der Waals surface area contributed by atoms with Gasteiger partial charge in [-0.15, -0.1) is 0 Å². The highest BCUT2D eigenvalue weighted by molar-refractivity contribution is 7.92. The Hall–Kier alpha value is -4.17. The molecule has 14 heteroatoms. The minimum absolute atomic E-state index is 0.148. The molecule has 1 fully saturated rings. The number of piperazine rings is 1. The number of carbonyl (C=O) groups excluding carboxylic acids is 1. The fourth-order valence-corrected chi connectivity index (χ4v) is 4.65. The second-order valence-electron chi connectivity index (χ2n) is 8.72. The summed E-state index contributed by atoms with van der Waals surface area (Å²) in [4.78, 5) is 28.7. The number of nitrogens with zero attached hydrogens (tertiary/aromatic N) is 2. The van der Waals surface area contributed by atoms with Crippen molar-refractivity contribution < 1.29 is 36.3 Å². The van der Waals surface area contributed by atoms with Crippen LogP contribution >= 0.6 is 0 Å². The minimum atomic E-state index is -5.08. The summed E-state index contributed by atoms with van der Waals surface area (Å²) < 4.78 is 60.0. The molecular formula is C26H28F3N5O5S. The number of benzene rings is 2. The molecule has 1 aliphatic rings. The van der Waals surface area contributed by atoms with Gasteiger partial charge >= 0.3 is 12.1 Å². The van der Waals surface area contributed by atoms with E-state index in [0.717, 1.165) is 24.2 Å². The number of pyridine rings is 1. The van der Waals surface area contributed by atoms with Crippen molar-refractivity contribution in [3.63, 3.8) is 0 Å². The van der Waals surface area contributed by atoms with E-state index in [1.165, 1.54) is 6.20 Å². The monoisotopic (exact) mass is 579 g/mol. The number of sulfonamides is 1. The van der Waals surface area contributed by atoms with E-state index in [1.807, 2.05) is 42.2 Å². The fraction of sp³-hybridized carbons (Fsp3) is 0.269. The van der Waals surface area contributed by atoms with Crippen LogP contribution in [-0.4, -0.2) is 62.7 Å². The number of amides is 1. The maximum atomic E-state index is 13.1. The van der Waals surface area contributed by atoms with E-state index in [-0.39, 0.29) is 16.5 Å². The van der Waals surface area contributed by atoms with E-state index in [9.17, 15) is 26.4 Å². The summed E-state index contributed by atoms with van der Waals surface area (Å²) in [5.74, 6) is -2.52. The number of carboxylic acid groups (broad SMARTS) is 1. The second kappa shape index (κ2) is 13.3. The van der Waals surface area contributed by atoms with E-state index in [4.69, 9.17) is 9.90 Å². The number of rotatable bonds is 7. The van der Waals surface area contributed by atoms with Crippen LogP contribution in [0.15, 0.2) is 71.8 Å².